The van der Waals surface area contributed by atoms with Gasteiger partial charge in [0, 0.05) is 0 Å². The van der Waals surface area contributed by atoms with Crippen LogP contribution >= 0.6 is 0 Å². The molecule has 0 aliphatic heterocycles. The zero-order valence-corrected chi connectivity index (χ0v) is 8.68. The van der Waals surface area contributed by atoms with Crippen LogP contribution in [0.4, 0.5) is 14.5 Å². The molecule has 0 atom stereocenters. The quantitative estimate of drug-likeness (QED) is 0.596. The first-order valence-electron chi connectivity index (χ1n) is 4.38. The van der Waals surface area contributed by atoms with E-state index in [1.54, 1.807) is 6.07 Å². The molecule has 6 nitrogen and oxygen atoms in total. The molecule has 0 aliphatic carbocycles. The summed E-state index contributed by atoms with van der Waals surface area (Å²) in [6.45, 7) is 0. The van der Waals surface area contributed by atoms with Crippen molar-refractivity contribution in [2.45, 2.75) is 12.8 Å². The maximum atomic E-state index is 12.5. The largest absolute Gasteiger partial charge is 0.476 e. The van der Waals surface area contributed by atoms with Gasteiger partial charge in [-0.05, 0) is 6.07 Å². The monoisotopic (exact) mass is 243 g/mol. The van der Waals surface area contributed by atoms with Crippen molar-refractivity contribution in [1.29, 1.82) is 5.26 Å². The summed E-state index contributed by atoms with van der Waals surface area (Å²) < 4.78 is 29.5. The second kappa shape index (κ2) is 5.16. The average molecular weight is 243 g/mol. The number of nitriles is 1. The van der Waals surface area contributed by atoms with E-state index in [9.17, 15) is 18.9 Å². The molecule has 0 spiro atoms. The average Bonchev–Trinajstić information content (AvgIpc) is 2.27. The first kappa shape index (κ1) is 12.8. The van der Waals surface area contributed by atoms with Crippen molar-refractivity contribution < 1.29 is 18.4 Å². The van der Waals surface area contributed by atoms with Crippen LogP contribution in [0, 0.1) is 21.4 Å². The lowest BCUT2D eigenvalue weighted by molar-refractivity contribution is -0.386. The Bertz CT molecular complexity index is 485. The molecule has 0 bridgehead atoms. The van der Waals surface area contributed by atoms with Crippen molar-refractivity contribution in [2.24, 2.45) is 0 Å². The summed E-state index contributed by atoms with van der Waals surface area (Å²) >= 11 is 0. The van der Waals surface area contributed by atoms with Gasteiger partial charge in [0.25, 0.3) is 12.3 Å². The summed E-state index contributed by atoms with van der Waals surface area (Å²) in [5.74, 6) is -0.516. The van der Waals surface area contributed by atoms with Crippen molar-refractivity contribution in [3.05, 3.63) is 27.4 Å². The number of nitro groups is 1. The Morgan fingerprint density at radius 1 is 1.71 bits per heavy atom. The number of rotatable bonds is 4. The third-order valence-corrected chi connectivity index (χ3v) is 1.93. The van der Waals surface area contributed by atoms with Gasteiger partial charge in [-0.1, -0.05) is 0 Å². The molecule has 1 aromatic rings. The van der Waals surface area contributed by atoms with E-state index in [0.717, 1.165) is 13.2 Å². The summed E-state index contributed by atoms with van der Waals surface area (Å²) in [4.78, 5) is 13.3. The molecule has 90 valence electrons. The van der Waals surface area contributed by atoms with Gasteiger partial charge in [-0.3, -0.25) is 10.1 Å². The number of pyridine rings is 1. The van der Waals surface area contributed by atoms with Crippen molar-refractivity contribution in [2.75, 3.05) is 7.11 Å². The van der Waals surface area contributed by atoms with E-state index in [1.165, 1.54) is 0 Å². The van der Waals surface area contributed by atoms with Crippen LogP contribution < -0.4 is 4.74 Å². The summed E-state index contributed by atoms with van der Waals surface area (Å²) in [6, 6.07) is 2.51. The van der Waals surface area contributed by atoms with Gasteiger partial charge in [0.2, 0.25) is 0 Å². The lowest BCUT2D eigenvalue weighted by Crippen LogP contribution is -2.04. The molecule has 1 aromatic heterocycles. The molecule has 0 aromatic carbocycles. The summed E-state index contributed by atoms with van der Waals surface area (Å²) in [6.07, 6.45) is -3.25. The summed E-state index contributed by atoms with van der Waals surface area (Å²) in [7, 11) is 1.08. The fourth-order valence-corrected chi connectivity index (χ4v) is 1.26. The third-order valence-electron chi connectivity index (χ3n) is 1.93. The van der Waals surface area contributed by atoms with Gasteiger partial charge in [0.1, 0.15) is 5.69 Å². The molecular formula is C9H7F2N3O3. The predicted molar refractivity (Wildman–Crippen MR) is 51.7 cm³/mol. The second-order valence-electron chi connectivity index (χ2n) is 2.96. The number of hydrogen-bond acceptors (Lipinski definition) is 5. The van der Waals surface area contributed by atoms with E-state index in [1.807, 2.05) is 0 Å². The fourth-order valence-electron chi connectivity index (χ4n) is 1.26. The number of ether oxygens (including phenoxy) is 1. The van der Waals surface area contributed by atoms with Crippen molar-refractivity contribution >= 4 is 5.69 Å². The maximum absolute atomic E-state index is 12.5. The Balaban J connectivity index is 3.46. The SMILES string of the molecule is COc1nc(C(F)F)cc(CC#N)c1[N+](=O)[O-]. The summed E-state index contributed by atoms with van der Waals surface area (Å²) in [5, 5.41) is 19.2. The predicted octanol–water partition coefficient (Wildman–Crippen LogP) is 2.00. The summed E-state index contributed by atoms with van der Waals surface area (Å²) in [5.41, 5.74) is -1.35. The van der Waals surface area contributed by atoms with Crippen LogP contribution in [-0.4, -0.2) is 17.0 Å². The van der Waals surface area contributed by atoms with Gasteiger partial charge in [0.15, 0.2) is 0 Å². The molecule has 0 fully saturated rings. The molecule has 0 amide bonds. The highest BCUT2D eigenvalue weighted by molar-refractivity contribution is 5.50. The zero-order chi connectivity index (χ0) is 13.0. The van der Waals surface area contributed by atoms with Crippen molar-refractivity contribution in [1.82, 2.24) is 4.98 Å². The Morgan fingerprint density at radius 2 is 2.35 bits per heavy atom. The van der Waals surface area contributed by atoms with Crippen LogP contribution in [0.3, 0.4) is 0 Å². The van der Waals surface area contributed by atoms with Gasteiger partial charge in [-0.25, -0.2) is 13.8 Å². The van der Waals surface area contributed by atoms with Gasteiger partial charge < -0.3 is 4.74 Å². The van der Waals surface area contributed by atoms with Crippen molar-refractivity contribution in [3.63, 3.8) is 0 Å². The van der Waals surface area contributed by atoms with Crippen LogP contribution in [0.15, 0.2) is 6.07 Å². The molecule has 0 saturated heterocycles. The van der Waals surface area contributed by atoms with Gasteiger partial charge in [-0.15, -0.1) is 0 Å². The molecule has 0 aliphatic rings. The van der Waals surface area contributed by atoms with Crippen molar-refractivity contribution in [3.8, 4) is 11.9 Å². The Kier molecular flexibility index (Phi) is 3.87. The minimum atomic E-state index is -2.89. The highest BCUT2D eigenvalue weighted by atomic mass is 19.3. The molecule has 0 radical (unpaired) electrons. The zero-order valence-electron chi connectivity index (χ0n) is 8.68. The number of aromatic nitrogens is 1. The third kappa shape index (κ3) is 2.63. The normalized spacial score (nSPS) is 10.1. The van der Waals surface area contributed by atoms with E-state index in [0.29, 0.717) is 0 Å². The number of halogens is 2. The highest BCUT2D eigenvalue weighted by Crippen LogP contribution is 2.32. The topological polar surface area (TPSA) is 89.0 Å². The minimum Gasteiger partial charge on any atom is -0.476 e. The second-order valence-corrected chi connectivity index (χ2v) is 2.96. The molecule has 1 heterocycles. The first-order chi connectivity index (χ1) is 8.01. The number of nitrogens with zero attached hydrogens (tertiary/aromatic N) is 3. The van der Waals surface area contributed by atoms with Crippen LogP contribution in [0.5, 0.6) is 5.88 Å². The van der Waals surface area contributed by atoms with Crippen LogP contribution in [-0.2, 0) is 6.42 Å². The maximum Gasteiger partial charge on any atom is 0.335 e. The number of alkyl halides is 2. The molecule has 17 heavy (non-hydrogen) atoms. The van der Waals surface area contributed by atoms with E-state index in [2.05, 4.69) is 9.72 Å². The van der Waals surface area contributed by atoms with E-state index < -0.39 is 28.6 Å². The standard InChI is InChI=1S/C9H7F2N3O3/c1-17-9-7(14(15)16)5(2-3-12)4-6(13-9)8(10)11/h4,8H,2H2,1H3. The molecule has 0 N–H and O–H groups in total. The molecule has 0 unspecified atom stereocenters. The van der Waals surface area contributed by atoms with Crippen LogP contribution in [0.1, 0.15) is 17.7 Å². The van der Waals surface area contributed by atoms with Gasteiger partial charge >= 0.3 is 5.69 Å². The van der Waals surface area contributed by atoms with Crippen LogP contribution in [0.2, 0.25) is 0 Å². The lowest BCUT2D eigenvalue weighted by Gasteiger charge is -2.07. The Morgan fingerprint density at radius 3 is 2.76 bits per heavy atom. The highest BCUT2D eigenvalue weighted by Gasteiger charge is 2.26. The van der Waals surface area contributed by atoms with E-state index in [-0.39, 0.29) is 12.0 Å². The smallest absolute Gasteiger partial charge is 0.335 e. The lowest BCUT2D eigenvalue weighted by atomic mass is 10.1. The van der Waals surface area contributed by atoms with E-state index >= 15 is 0 Å². The van der Waals surface area contributed by atoms with Crippen LogP contribution in [0.25, 0.3) is 0 Å². The molecule has 1 rings (SSSR count). The minimum absolute atomic E-state index is 0.139. The Labute approximate surface area is 94.6 Å². The molecule has 0 saturated carbocycles. The molecule has 8 heteroatoms. The van der Waals surface area contributed by atoms with Gasteiger partial charge in [-0.2, -0.15) is 5.26 Å². The van der Waals surface area contributed by atoms with Gasteiger partial charge in [0.05, 0.1) is 30.1 Å². The Hall–Kier alpha value is -2.30. The molecular weight excluding hydrogens is 236 g/mol. The van der Waals surface area contributed by atoms with E-state index in [4.69, 9.17) is 5.26 Å². The number of methoxy groups -OCH3 is 1. The number of hydrogen-bond donors (Lipinski definition) is 0. The fraction of sp³-hybridized carbons (Fsp3) is 0.333. The first-order valence-corrected chi connectivity index (χ1v) is 4.38.